The van der Waals surface area contributed by atoms with Crippen molar-refractivity contribution in [2.24, 2.45) is 0 Å². The molecule has 0 bridgehead atoms. The van der Waals surface area contributed by atoms with Crippen molar-refractivity contribution >= 4 is 0 Å². The molecule has 1 atom stereocenters. The first kappa shape index (κ1) is 16.0. The molecule has 1 N–H and O–H groups in total. The Kier molecular flexibility index (Phi) is 7.53. The van der Waals surface area contributed by atoms with Gasteiger partial charge in [-0.05, 0) is 39.8 Å². The molecule has 0 amide bonds. The minimum atomic E-state index is 0.190. The molecule has 1 rings (SSSR count). The van der Waals surface area contributed by atoms with Gasteiger partial charge in [0.25, 0.3) is 0 Å². The van der Waals surface area contributed by atoms with Crippen LogP contribution in [-0.4, -0.2) is 26.4 Å². The van der Waals surface area contributed by atoms with Gasteiger partial charge in [0.2, 0.25) is 0 Å². The van der Waals surface area contributed by atoms with Gasteiger partial charge in [0.05, 0.1) is 6.10 Å². The molecule has 19 heavy (non-hydrogen) atoms. The quantitative estimate of drug-likeness (QED) is 0.693. The number of rotatable bonds is 9. The van der Waals surface area contributed by atoms with Gasteiger partial charge < -0.3 is 14.8 Å². The number of hydrogen-bond donors (Lipinski definition) is 1. The highest BCUT2D eigenvalue weighted by atomic mass is 16.5. The molecule has 3 nitrogen and oxygen atoms in total. The summed E-state index contributed by atoms with van der Waals surface area (Å²) in [4.78, 5) is 0. The maximum Gasteiger partial charge on any atom is 0.124 e. The van der Waals surface area contributed by atoms with E-state index in [4.69, 9.17) is 9.47 Å². The van der Waals surface area contributed by atoms with E-state index in [1.807, 2.05) is 19.2 Å². The third-order valence-corrected chi connectivity index (χ3v) is 2.90. The Labute approximate surface area is 117 Å². The van der Waals surface area contributed by atoms with E-state index in [1.165, 1.54) is 5.56 Å². The lowest BCUT2D eigenvalue weighted by Crippen LogP contribution is -2.20. The molecule has 108 valence electrons. The zero-order valence-corrected chi connectivity index (χ0v) is 12.6. The van der Waals surface area contributed by atoms with E-state index >= 15 is 0 Å². The summed E-state index contributed by atoms with van der Waals surface area (Å²) in [5.74, 6) is 0.965. The third-order valence-electron chi connectivity index (χ3n) is 2.90. The van der Waals surface area contributed by atoms with Crippen LogP contribution in [0.3, 0.4) is 0 Å². The average molecular weight is 265 g/mol. The molecule has 0 saturated heterocycles. The molecule has 1 aromatic rings. The molecular formula is C16H27NO2. The maximum atomic E-state index is 5.87. The first-order chi connectivity index (χ1) is 9.19. The minimum Gasteiger partial charge on any atom is -0.491 e. The van der Waals surface area contributed by atoms with Crippen molar-refractivity contribution in [3.63, 3.8) is 0 Å². The molecule has 0 aliphatic carbocycles. The van der Waals surface area contributed by atoms with Crippen molar-refractivity contribution in [3.05, 3.63) is 29.8 Å². The fourth-order valence-corrected chi connectivity index (χ4v) is 2.03. The average Bonchev–Trinajstić information content (AvgIpc) is 2.39. The van der Waals surface area contributed by atoms with E-state index in [0.29, 0.717) is 0 Å². The summed E-state index contributed by atoms with van der Waals surface area (Å²) >= 11 is 0. The molecule has 1 aromatic carbocycles. The number of benzene rings is 1. The Morgan fingerprint density at radius 1 is 1.16 bits per heavy atom. The highest BCUT2D eigenvalue weighted by Crippen LogP contribution is 2.27. The lowest BCUT2D eigenvalue weighted by atomic mass is 10.0. The SMILES string of the molecule is CCCOCCC(NC)c1ccccc1OC(C)C. The van der Waals surface area contributed by atoms with Gasteiger partial charge in [0.15, 0.2) is 0 Å². The summed E-state index contributed by atoms with van der Waals surface area (Å²) in [6.45, 7) is 7.84. The molecule has 3 heteroatoms. The summed E-state index contributed by atoms with van der Waals surface area (Å²) in [5, 5.41) is 3.35. The monoisotopic (exact) mass is 265 g/mol. The topological polar surface area (TPSA) is 30.5 Å². The summed E-state index contributed by atoms with van der Waals surface area (Å²) in [6.07, 6.45) is 2.21. The number of para-hydroxylation sites is 1. The second kappa shape index (κ2) is 8.94. The molecule has 0 radical (unpaired) electrons. The van der Waals surface area contributed by atoms with Crippen molar-refractivity contribution in [1.29, 1.82) is 0 Å². The Morgan fingerprint density at radius 3 is 2.53 bits per heavy atom. The van der Waals surface area contributed by atoms with Crippen LogP contribution in [0.1, 0.15) is 45.2 Å². The standard InChI is InChI=1S/C16H27NO2/c1-5-11-18-12-10-15(17-4)14-8-6-7-9-16(14)19-13(2)3/h6-9,13,15,17H,5,10-12H2,1-4H3. The van der Waals surface area contributed by atoms with Crippen LogP contribution < -0.4 is 10.1 Å². The van der Waals surface area contributed by atoms with E-state index in [9.17, 15) is 0 Å². The van der Waals surface area contributed by atoms with Gasteiger partial charge in [-0.15, -0.1) is 0 Å². The Balaban J connectivity index is 2.68. The van der Waals surface area contributed by atoms with Gasteiger partial charge >= 0.3 is 0 Å². The van der Waals surface area contributed by atoms with Crippen LogP contribution in [0.5, 0.6) is 5.75 Å². The highest BCUT2D eigenvalue weighted by molar-refractivity contribution is 5.36. The van der Waals surface area contributed by atoms with Gasteiger partial charge in [-0.25, -0.2) is 0 Å². The van der Waals surface area contributed by atoms with Gasteiger partial charge in [-0.3, -0.25) is 0 Å². The largest absolute Gasteiger partial charge is 0.491 e. The summed E-state index contributed by atoms with van der Waals surface area (Å²) in [5.41, 5.74) is 1.21. The molecule has 0 saturated carbocycles. The van der Waals surface area contributed by atoms with E-state index in [-0.39, 0.29) is 12.1 Å². The lowest BCUT2D eigenvalue weighted by molar-refractivity contribution is 0.124. The number of hydrogen-bond acceptors (Lipinski definition) is 3. The molecular weight excluding hydrogens is 238 g/mol. The highest BCUT2D eigenvalue weighted by Gasteiger charge is 2.14. The van der Waals surface area contributed by atoms with Crippen LogP contribution in [0.2, 0.25) is 0 Å². The number of nitrogens with one attached hydrogen (secondary N) is 1. The Hall–Kier alpha value is -1.06. The predicted molar refractivity (Wildman–Crippen MR) is 79.7 cm³/mol. The summed E-state index contributed by atoms with van der Waals surface area (Å²) in [6, 6.07) is 8.50. The fraction of sp³-hybridized carbons (Fsp3) is 0.625. The van der Waals surface area contributed by atoms with Crippen LogP contribution >= 0.6 is 0 Å². The minimum absolute atomic E-state index is 0.190. The van der Waals surface area contributed by atoms with E-state index in [1.54, 1.807) is 0 Å². The van der Waals surface area contributed by atoms with Crippen LogP contribution in [0.25, 0.3) is 0 Å². The van der Waals surface area contributed by atoms with Crippen molar-refractivity contribution < 1.29 is 9.47 Å². The van der Waals surface area contributed by atoms with Crippen molar-refractivity contribution in [1.82, 2.24) is 5.32 Å². The van der Waals surface area contributed by atoms with Gasteiger partial charge in [-0.1, -0.05) is 25.1 Å². The Bertz CT molecular complexity index is 352. The zero-order chi connectivity index (χ0) is 14.1. The lowest BCUT2D eigenvalue weighted by Gasteiger charge is -2.21. The zero-order valence-electron chi connectivity index (χ0n) is 12.6. The van der Waals surface area contributed by atoms with Gasteiger partial charge in [0, 0.05) is 24.8 Å². The van der Waals surface area contributed by atoms with Crippen molar-refractivity contribution in [2.75, 3.05) is 20.3 Å². The van der Waals surface area contributed by atoms with E-state index in [2.05, 4.69) is 38.2 Å². The number of ether oxygens (including phenoxy) is 2. The van der Waals surface area contributed by atoms with Crippen LogP contribution in [0, 0.1) is 0 Å². The molecule has 0 spiro atoms. The van der Waals surface area contributed by atoms with Gasteiger partial charge in [0.1, 0.15) is 5.75 Å². The molecule has 1 unspecified atom stereocenters. The van der Waals surface area contributed by atoms with Crippen molar-refractivity contribution in [3.8, 4) is 5.75 Å². The van der Waals surface area contributed by atoms with Crippen LogP contribution in [-0.2, 0) is 4.74 Å². The van der Waals surface area contributed by atoms with Gasteiger partial charge in [-0.2, -0.15) is 0 Å². The first-order valence-electron chi connectivity index (χ1n) is 7.19. The fourth-order valence-electron chi connectivity index (χ4n) is 2.03. The van der Waals surface area contributed by atoms with Crippen LogP contribution in [0.4, 0.5) is 0 Å². The second-order valence-corrected chi connectivity index (χ2v) is 4.95. The van der Waals surface area contributed by atoms with Crippen molar-refractivity contribution in [2.45, 2.75) is 45.8 Å². The first-order valence-corrected chi connectivity index (χ1v) is 7.19. The second-order valence-electron chi connectivity index (χ2n) is 4.95. The molecule has 0 aliphatic heterocycles. The summed E-state index contributed by atoms with van der Waals surface area (Å²) < 4.78 is 11.5. The summed E-state index contributed by atoms with van der Waals surface area (Å²) in [7, 11) is 1.98. The molecule has 0 fully saturated rings. The third kappa shape index (κ3) is 5.62. The van der Waals surface area contributed by atoms with Crippen LogP contribution in [0.15, 0.2) is 24.3 Å². The van der Waals surface area contributed by atoms with E-state index in [0.717, 1.165) is 31.8 Å². The molecule has 0 aliphatic rings. The molecule has 0 aromatic heterocycles. The molecule has 0 heterocycles. The normalized spacial score (nSPS) is 12.7. The van der Waals surface area contributed by atoms with E-state index < -0.39 is 0 Å². The maximum absolute atomic E-state index is 5.87. The smallest absolute Gasteiger partial charge is 0.124 e. The predicted octanol–water partition coefficient (Wildman–Crippen LogP) is 3.55. The Morgan fingerprint density at radius 2 is 1.89 bits per heavy atom.